The molecule has 0 unspecified atom stereocenters. The molecule has 0 saturated heterocycles. The van der Waals surface area contributed by atoms with Crippen LogP contribution in [0.1, 0.15) is 5.69 Å². The van der Waals surface area contributed by atoms with Gasteiger partial charge in [0.15, 0.2) is 0 Å². The molecule has 0 fully saturated rings. The van der Waals surface area contributed by atoms with Crippen LogP contribution < -0.4 is 0 Å². The summed E-state index contributed by atoms with van der Waals surface area (Å²) in [6, 6.07) is 4.83. The Hall–Kier alpha value is -2.41. The molecule has 7 nitrogen and oxygen atoms in total. The van der Waals surface area contributed by atoms with Crippen molar-refractivity contribution in [3.05, 3.63) is 28.9 Å². The van der Waals surface area contributed by atoms with Crippen molar-refractivity contribution in [1.29, 1.82) is 0 Å². The van der Waals surface area contributed by atoms with E-state index in [1.165, 1.54) is 6.07 Å². The first-order chi connectivity index (χ1) is 9.16. The summed E-state index contributed by atoms with van der Waals surface area (Å²) in [4.78, 5) is 0. The summed E-state index contributed by atoms with van der Waals surface area (Å²) < 4.78 is 0. The van der Waals surface area contributed by atoms with Gasteiger partial charge in [0.2, 0.25) is 0 Å². The second kappa shape index (κ2) is 4.36. The van der Waals surface area contributed by atoms with E-state index in [4.69, 9.17) is 11.6 Å². The van der Waals surface area contributed by atoms with Crippen molar-refractivity contribution in [2.24, 2.45) is 0 Å². The van der Waals surface area contributed by atoms with E-state index in [1.54, 1.807) is 12.1 Å². The lowest BCUT2D eigenvalue weighted by Crippen LogP contribution is -1.87. The van der Waals surface area contributed by atoms with Crippen LogP contribution in [0.2, 0.25) is 5.02 Å². The van der Waals surface area contributed by atoms with Crippen LogP contribution in [-0.2, 0) is 0 Å². The summed E-state index contributed by atoms with van der Waals surface area (Å²) in [7, 11) is 0. The van der Waals surface area contributed by atoms with E-state index in [2.05, 4.69) is 30.8 Å². The van der Waals surface area contributed by atoms with Crippen molar-refractivity contribution in [2.75, 3.05) is 0 Å². The van der Waals surface area contributed by atoms with Crippen LogP contribution in [0.15, 0.2) is 18.2 Å². The number of aromatic amines is 2. The normalized spacial score (nSPS) is 10.8. The summed E-state index contributed by atoms with van der Waals surface area (Å²) in [6.07, 6.45) is 0. The van der Waals surface area contributed by atoms with Gasteiger partial charge in [0.25, 0.3) is 0 Å². The predicted molar refractivity (Wildman–Crippen MR) is 68.6 cm³/mol. The Bertz CT molecular complexity index is 734. The Balaban J connectivity index is 2.14. The number of aromatic hydroxyl groups is 1. The molecular formula is C11H9ClN6O. The van der Waals surface area contributed by atoms with Gasteiger partial charge in [0, 0.05) is 5.56 Å². The van der Waals surface area contributed by atoms with E-state index in [0.29, 0.717) is 17.1 Å². The van der Waals surface area contributed by atoms with Crippen LogP contribution in [0.4, 0.5) is 0 Å². The molecule has 2 aromatic heterocycles. The van der Waals surface area contributed by atoms with Gasteiger partial charge in [-0.25, -0.2) is 0 Å². The van der Waals surface area contributed by atoms with Gasteiger partial charge in [-0.05, 0) is 25.1 Å². The number of aromatic nitrogens is 6. The summed E-state index contributed by atoms with van der Waals surface area (Å²) in [5.74, 6) is 0.0214. The minimum absolute atomic E-state index is 0.0214. The highest BCUT2D eigenvalue weighted by Crippen LogP contribution is 2.32. The molecule has 8 heteroatoms. The molecule has 0 amide bonds. The maximum absolute atomic E-state index is 9.44. The van der Waals surface area contributed by atoms with Gasteiger partial charge in [-0.15, -0.1) is 0 Å². The quantitative estimate of drug-likeness (QED) is 0.663. The first-order valence-electron chi connectivity index (χ1n) is 5.44. The van der Waals surface area contributed by atoms with Crippen LogP contribution in [0.25, 0.3) is 22.6 Å². The number of aryl methyl sites for hydroxylation is 1. The molecule has 0 aliphatic rings. The lowest BCUT2D eigenvalue weighted by atomic mass is 10.1. The second-order valence-corrected chi connectivity index (χ2v) is 4.35. The van der Waals surface area contributed by atoms with Crippen molar-refractivity contribution in [3.8, 4) is 28.4 Å². The van der Waals surface area contributed by atoms with Gasteiger partial charge >= 0.3 is 0 Å². The molecule has 3 N–H and O–H groups in total. The third-order valence-corrected chi connectivity index (χ3v) is 3.02. The van der Waals surface area contributed by atoms with E-state index in [0.717, 1.165) is 11.3 Å². The highest BCUT2D eigenvalue weighted by Gasteiger charge is 2.17. The van der Waals surface area contributed by atoms with Crippen molar-refractivity contribution < 1.29 is 5.11 Å². The number of nitrogens with one attached hydrogen (secondary N) is 2. The molecule has 0 bridgehead atoms. The van der Waals surface area contributed by atoms with Crippen molar-refractivity contribution in [2.45, 2.75) is 6.92 Å². The number of phenols is 1. The second-order valence-electron chi connectivity index (χ2n) is 3.94. The van der Waals surface area contributed by atoms with Crippen molar-refractivity contribution >= 4 is 11.6 Å². The van der Waals surface area contributed by atoms with E-state index >= 15 is 0 Å². The number of hydrogen-bond donors (Lipinski definition) is 3. The third kappa shape index (κ3) is 1.93. The average molecular weight is 277 g/mol. The fourth-order valence-corrected chi connectivity index (χ4v) is 1.94. The highest BCUT2D eigenvalue weighted by atomic mass is 35.5. The Morgan fingerprint density at radius 2 is 1.68 bits per heavy atom. The van der Waals surface area contributed by atoms with Crippen LogP contribution >= 0.6 is 11.6 Å². The van der Waals surface area contributed by atoms with Crippen LogP contribution in [0, 0.1) is 6.92 Å². The van der Waals surface area contributed by atoms with E-state index in [1.807, 2.05) is 6.92 Å². The molecule has 2 heterocycles. The number of halogens is 1. The van der Waals surface area contributed by atoms with Gasteiger partial charge in [-0.3, -0.25) is 0 Å². The molecule has 0 radical (unpaired) electrons. The van der Waals surface area contributed by atoms with Gasteiger partial charge < -0.3 is 5.11 Å². The maximum atomic E-state index is 9.44. The minimum Gasteiger partial charge on any atom is -0.506 e. The standard InChI is InChI=1S/C11H9ClN6O/c1-5-9(14-17-13-5)11-10(15-18-16-11)6-2-3-8(19)7(12)4-6/h2-4,19H,1H3,(H,13,14,17)(H,15,16,18). The summed E-state index contributed by atoms with van der Waals surface area (Å²) in [5, 5.41) is 31.0. The first-order valence-corrected chi connectivity index (χ1v) is 5.82. The molecule has 1 aromatic carbocycles. The summed E-state index contributed by atoms with van der Waals surface area (Å²) in [6.45, 7) is 1.82. The lowest BCUT2D eigenvalue weighted by Gasteiger charge is -2.01. The molecule has 0 spiro atoms. The monoisotopic (exact) mass is 276 g/mol. The summed E-state index contributed by atoms with van der Waals surface area (Å²) in [5.41, 5.74) is 3.24. The van der Waals surface area contributed by atoms with Gasteiger partial charge in [-0.2, -0.15) is 30.8 Å². The Morgan fingerprint density at radius 1 is 1.00 bits per heavy atom. The maximum Gasteiger partial charge on any atom is 0.142 e. The largest absolute Gasteiger partial charge is 0.506 e. The van der Waals surface area contributed by atoms with E-state index in [9.17, 15) is 5.11 Å². The lowest BCUT2D eigenvalue weighted by molar-refractivity contribution is 0.475. The topological polar surface area (TPSA) is 103 Å². The molecule has 3 rings (SSSR count). The number of H-pyrrole nitrogens is 2. The predicted octanol–water partition coefficient (Wildman–Crippen LogP) is 1.92. The SMILES string of the molecule is Cc1n[nH]nc1-c1n[nH]nc1-c1ccc(O)c(Cl)c1. The number of nitrogens with zero attached hydrogens (tertiary/aromatic N) is 4. The van der Waals surface area contributed by atoms with Crippen molar-refractivity contribution in [1.82, 2.24) is 30.8 Å². The summed E-state index contributed by atoms with van der Waals surface area (Å²) >= 11 is 5.90. The first kappa shape index (κ1) is 11.7. The smallest absolute Gasteiger partial charge is 0.142 e. The zero-order valence-corrected chi connectivity index (χ0v) is 10.6. The molecule has 0 saturated carbocycles. The Kier molecular flexibility index (Phi) is 2.68. The molecule has 96 valence electrons. The van der Waals surface area contributed by atoms with Gasteiger partial charge in [0.05, 0.1) is 10.7 Å². The number of rotatable bonds is 2. The fourth-order valence-electron chi connectivity index (χ4n) is 1.76. The van der Waals surface area contributed by atoms with Gasteiger partial charge in [0.1, 0.15) is 22.8 Å². The Labute approximate surface area is 112 Å². The number of hydrogen-bond acceptors (Lipinski definition) is 5. The molecule has 19 heavy (non-hydrogen) atoms. The molecule has 0 aliphatic carbocycles. The van der Waals surface area contributed by atoms with Gasteiger partial charge in [-0.1, -0.05) is 11.6 Å². The zero-order chi connectivity index (χ0) is 13.4. The molecule has 3 aromatic rings. The highest BCUT2D eigenvalue weighted by molar-refractivity contribution is 6.32. The van der Waals surface area contributed by atoms with Crippen LogP contribution in [0.5, 0.6) is 5.75 Å². The van der Waals surface area contributed by atoms with Crippen LogP contribution in [0.3, 0.4) is 0 Å². The minimum atomic E-state index is 0.0214. The molecule has 0 atom stereocenters. The molecule has 0 aliphatic heterocycles. The molecular weight excluding hydrogens is 268 g/mol. The zero-order valence-electron chi connectivity index (χ0n) is 9.85. The number of phenolic OH excluding ortho intramolecular Hbond substituents is 1. The van der Waals surface area contributed by atoms with E-state index in [-0.39, 0.29) is 10.8 Å². The Morgan fingerprint density at radius 3 is 2.37 bits per heavy atom. The van der Waals surface area contributed by atoms with Crippen molar-refractivity contribution in [3.63, 3.8) is 0 Å². The number of benzene rings is 1. The van der Waals surface area contributed by atoms with E-state index < -0.39 is 0 Å². The average Bonchev–Trinajstić information content (AvgIpc) is 3.00. The fraction of sp³-hybridized carbons (Fsp3) is 0.0909. The van der Waals surface area contributed by atoms with Crippen LogP contribution in [-0.4, -0.2) is 35.9 Å². The third-order valence-electron chi connectivity index (χ3n) is 2.72.